The van der Waals surface area contributed by atoms with Crippen molar-refractivity contribution >= 4 is 5.84 Å². The molecule has 0 heterocycles. The fourth-order valence-electron chi connectivity index (χ4n) is 1.66. The van der Waals surface area contributed by atoms with Gasteiger partial charge in [-0.3, -0.25) is 4.99 Å². The zero-order chi connectivity index (χ0) is 13.2. The quantitative estimate of drug-likeness (QED) is 0.435. The standard InChI is InChI=1S/C15H23N3/c1-3-15(16)17-11-8-12-18(4-2)13-14-9-6-5-7-10-14/h4-7,9-10H,2-3,8,11-13H2,1H3,(H2,16,17). The van der Waals surface area contributed by atoms with Crippen molar-refractivity contribution in [1.29, 1.82) is 0 Å². The summed E-state index contributed by atoms with van der Waals surface area (Å²) in [6.45, 7) is 8.52. The summed E-state index contributed by atoms with van der Waals surface area (Å²) in [5, 5.41) is 0. The molecule has 0 saturated heterocycles. The fraction of sp³-hybridized carbons (Fsp3) is 0.400. The molecular weight excluding hydrogens is 222 g/mol. The van der Waals surface area contributed by atoms with Crippen LogP contribution in [0.3, 0.4) is 0 Å². The van der Waals surface area contributed by atoms with Gasteiger partial charge in [-0.05, 0) is 18.2 Å². The molecule has 1 aromatic carbocycles. The Morgan fingerprint density at radius 1 is 1.39 bits per heavy atom. The van der Waals surface area contributed by atoms with E-state index in [2.05, 4.69) is 40.7 Å². The molecule has 0 aliphatic heterocycles. The molecule has 0 bridgehead atoms. The van der Waals surface area contributed by atoms with E-state index in [0.717, 1.165) is 38.3 Å². The maximum absolute atomic E-state index is 5.66. The molecule has 0 fully saturated rings. The molecule has 0 amide bonds. The number of rotatable bonds is 8. The average molecular weight is 245 g/mol. The van der Waals surface area contributed by atoms with Crippen molar-refractivity contribution in [2.24, 2.45) is 10.7 Å². The lowest BCUT2D eigenvalue weighted by molar-refractivity contribution is 0.366. The monoisotopic (exact) mass is 245 g/mol. The molecule has 3 heteroatoms. The van der Waals surface area contributed by atoms with Crippen molar-refractivity contribution in [3.8, 4) is 0 Å². The molecule has 0 saturated carbocycles. The van der Waals surface area contributed by atoms with Crippen LogP contribution in [0.4, 0.5) is 0 Å². The number of hydrogen-bond donors (Lipinski definition) is 1. The van der Waals surface area contributed by atoms with Crippen LogP contribution in [0.5, 0.6) is 0 Å². The van der Waals surface area contributed by atoms with E-state index in [9.17, 15) is 0 Å². The van der Waals surface area contributed by atoms with E-state index < -0.39 is 0 Å². The average Bonchev–Trinajstić information content (AvgIpc) is 2.43. The first-order valence-corrected chi connectivity index (χ1v) is 6.45. The van der Waals surface area contributed by atoms with Crippen LogP contribution in [0.25, 0.3) is 0 Å². The van der Waals surface area contributed by atoms with E-state index in [1.54, 1.807) is 0 Å². The van der Waals surface area contributed by atoms with Crippen molar-refractivity contribution < 1.29 is 0 Å². The summed E-state index contributed by atoms with van der Waals surface area (Å²) in [5.74, 6) is 0.739. The highest BCUT2D eigenvalue weighted by molar-refractivity contribution is 5.79. The molecule has 0 aliphatic carbocycles. The molecule has 2 N–H and O–H groups in total. The summed E-state index contributed by atoms with van der Waals surface area (Å²) in [7, 11) is 0. The molecule has 98 valence electrons. The summed E-state index contributed by atoms with van der Waals surface area (Å²) in [6, 6.07) is 10.4. The third kappa shape index (κ3) is 5.53. The normalized spacial score (nSPS) is 11.3. The van der Waals surface area contributed by atoms with Crippen LogP contribution in [0.15, 0.2) is 48.1 Å². The van der Waals surface area contributed by atoms with Crippen LogP contribution in [0.1, 0.15) is 25.3 Å². The molecule has 0 unspecified atom stereocenters. The first-order chi connectivity index (χ1) is 8.76. The molecule has 3 nitrogen and oxygen atoms in total. The molecule has 18 heavy (non-hydrogen) atoms. The zero-order valence-electron chi connectivity index (χ0n) is 11.2. The van der Waals surface area contributed by atoms with E-state index >= 15 is 0 Å². The van der Waals surface area contributed by atoms with Gasteiger partial charge in [-0.1, -0.05) is 43.8 Å². The Morgan fingerprint density at radius 2 is 2.11 bits per heavy atom. The fourth-order valence-corrected chi connectivity index (χ4v) is 1.66. The number of amidine groups is 1. The highest BCUT2D eigenvalue weighted by Crippen LogP contribution is 2.05. The Morgan fingerprint density at radius 3 is 2.72 bits per heavy atom. The van der Waals surface area contributed by atoms with Crippen LogP contribution in [-0.2, 0) is 6.54 Å². The maximum Gasteiger partial charge on any atom is 0.0934 e. The Hall–Kier alpha value is -1.77. The Balaban J connectivity index is 2.32. The molecule has 0 radical (unpaired) electrons. The lowest BCUT2D eigenvalue weighted by Gasteiger charge is -2.19. The molecule has 0 aliphatic rings. The minimum Gasteiger partial charge on any atom is -0.387 e. The van der Waals surface area contributed by atoms with Crippen LogP contribution in [0, 0.1) is 0 Å². The second kappa shape index (κ2) is 8.34. The second-order valence-corrected chi connectivity index (χ2v) is 4.22. The van der Waals surface area contributed by atoms with Gasteiger partial charge in [-0.2, -0.15) is 0 Å². The molecule has 1 rings (SSSR count). The maximum atomic E-state index is 5.66. The SMILES string of the molecule is C=CN(CCCN=C(N)CC)Cc1ccccc1. The van der Waals surface area contributed by atoms with E-state index in [4.69, 9.17) is 5.73 Å². The van der Waals surface area contributed by atoms with Gasteiger partial charge in [0, 0.05) is 26.1 Å². The van der Waals surface area contributed by atoms with Gasteiger partial charge in [-0.15, -0.1) is 0 Å². The lowest BCUT2D eigenvalue weighted by atomic mass is 10.2. The summed E-state index contributed by atoms with van der Waals surface area (Å²) >= 11 is 0. The van der Waals surface area contributed by atoms with Gasteiger partial charge < -0.3 is 10.6 Å². The van der Waals surface area contributed by atoms with Gasteiger partial charge >= 0.3 is 0 Å². The minimum absolute atomic E-state index is 0.739. The zero-order valence-corrected chi connectivity index (χ0v) is 11.2. The smallest absolute Gasteiger partial charge is 0.0934 e. The van der Waals surface area contributed by atoms with Gasteiger partial charge in [0.05, 0.1) is 5.84 Å². The number of hydrogen-bond acceptors (Lipinski definition) is 2. The number of nitrogens with zero attached hydrogens (tertiary/aromatic N) is 2. The van der Waals surface area contributed by atoms with Crippen LogP contribution >= 0.6 is 0 Å². The molecule has 0 aromatic heterocycles. The first kappa shape index (κ1) is 14.3. The summed E-state index contributed by atoms with van der Waals surface area (Å²) in [4.78, 5) is 6.49. The topological polar surface area (TPSA) is 41.6 Å². The Kier molecular flexibility index (Phi) is 6.62. The van der Waals surface area contributed by atoms with Crippen molar-refractivity contribution in [1.82, 2.24) is 4.90 Å². The molecule has 1 aromatic rings. The number of benzene rings is 1. The molecule has 0 spiro atoms. The minimum atomic E-state index is 0.739. The van der Waals surface area contributed by atoms with E-state index in [-0.39, 0.29) is 0 Å². The van der Waals surface area contributed by atoms with Gasteiger partial charge in [0.2, 0.25) is 0 Å². The van der Waals surface area contributed by atoms with E-state index in [1.807, 2.05) is 19.2 Å². The summed E-state index contributed by atoms with van der Waals surface area (Å²) in [6.07, 6.45) is 3.72. The van der Waals surface area contributed by atoms with Crippen molar-refractivity contribution in [2.75, 3.05) is 13.1 Å². The third-order valence-electron chi connectivity index (χ3n) is 2.77. The third-order valence-corrected chi connectivity index (χ3v) is 2.77. The highest BCUT2D eigenvalue weighted by atomic mass is 15.1. The lowest BCUT2D eigenvalue weighted by Crippen LogP contribution is -2.19. The summed E-state index contributed by atoms with van der Waals surface area (Å²) < 4.78 is 0. The number of aliphatic imine (C=N–C) groups is 1. The van der Waals surface area contributed by atoms with E-state index in [1.165, 1.54) is 5.56 Å². The van der Waals surface area contributed by atoms with Gasteiger partial charge in [0.25, 0.3) is 0 Å². The predicted octanol–water partition coefficient (Wildman–Crippen LogP) is 2.79. The van der Waals surface area contributed by atoms with Crippen LogP contribution in [0.2, 0.25) is 0 Å². The first-order valence-electron chi connectivity index (χ1n) is 6.45. The highest BCUT2D eigenvalue weighted by Gasteiger charge is 1.99. The van der Waals surface area contributed by atoms with Crippen molar-refractivity contribution in [2.45, 2.75) is 26.3 Å². The second-order valence-electron chi connectivity index (χ2n) is 4.22. The van der Waals surface area contributed by atoms with Gasteiger partial charge in [0.1, 0.15) is 0 Å². The molecular formula is C15H23N3. The Labute approximate surface area is 110 Å². The van der Waals surface area contributed by atoms with E-state index in [0.29, 0.717) is 0 Å². The van der Waals surface area contributed by atoms with Gasteiger partial charge in [-0.25, -0.2) is 0 Å². The van der Waals surface area contributed by atoms with Crippen molar-refractivity contribution in [3.63, 3.8) is 0 Å². The number of nitrogens with two attached hydrogens (primary N) is 1. The Bertz CT molecular complexity index is 371. The summed E-state index contributed by atoms with van der Waals surface area (Å²) in [5.41, 5.74) is 6.96. The van der Waals surface area contributed by atoms with Crippen LogP contribution in [-0.4, -0.2) is 23.8 Å². The van der Waals surface area contributed by atoms with Crippen LogP contribution < -0.4 is 5.73 Å². The van der Waals surface area contributed by atoms with Crippen molar-refractivity contribution in [3.05, 3.63) is 48.7 Å². The predicted molar refractivity (Wildman–Crippen MR) is 78.4 cm³/mol. The molecule has 0 atom stereocenters. The largest absolute Gasteiger partial charge is 0.387 e. The van der Waals surface area contributed by atoms with Gasteiger partial charge in [0.15, 0.2) is 0 Å².